The molecule has 0 unspecified atom stereocenters. The highest BCUT2D eigenvalue weighted by atomic mass is 79.9. The number of nitrogens with one attached hydrogen (secondary N) is 1. The second-order valence-electron chi connectivity index (χ2n) is 5.48. The van der Waals surface area contributed by atoms with Gasteiger partial charge in [-0.2, -0.15) is 0 Å². The van der Waals surface area contributed by atoms with Crippen LogP contribution >= 0.6 is 31.9 Å². The number of rotatable bonds is 3. The van der Waals surface area contributed by atoms with Crippen LogP contribution in [0.4, 0.5) is 10.5 Å². The molecule has 0 bridgehead atoms. The third-order valence-corrected chi connectivity index (χ3v) is 5.00. The molecule has 0 atom stereocenters. The molecule has 9 heteroatoms. The number of nitrogens with zero attached hydrogens (tertiary/aromatic N) is 1. The summed E-state index contributed by atoms with van der Waals surface area (Å²) in [7, 11) is 1.38. The van der Waals surface area contributed by atoms with Crippen molar-refractivity contribution >= 4 is 61.5 Å². The van der Waals surface area contributed by atoms with Crippen molar-refractivity contribution in [2.45, 2.75) is 0 Å². The summed E-state index contributed by atoms with van der Waals surface area (Å²) in [6.07, 6.45) is 1.32. The van der Waals surface area contributed by atoms with Crippen molar-refractivity contribution in [3.05, 3.63) is 56.5 Å². The molecule has 2 aromatic carbocycles. The van der Waals surface area contributed by atoms with E-state index in [1.54, 1.807) is 24.3 Å². The van der Waals surface area contributed by atoms with Crippen LogP contribution < -0.4 is 15.0 Å². The quantitative estimate of drug-likeness (QED) is 0.501. The predicted octanol–water partition coefficient (Wildman–Crippen LogP) is 3.59. The number of phenols is 1. The van der Waals surface area contributed by atoms with E-state index in [1.165, 1.54) is 25.3 Å². The van der Waals surface area contributed by atoms with Gasteiger partial charge in [0.1, 0.15) is 5.57 Å². The zero-order chi connectivity index (χ0) is 19.7. The van der Waals surface area contributed by atoms with E-state index in [2.05, 4.69) is 37.2 Å². The number of hydrogen-bond donors (Lipinski definition) is 2. The van der Waals surface area contributed by atoms with E-state index >= 15 is 0 Å². The van der Waals surface area contributed by atoms with Gasteiger partial charge in [-0.1, -0.05) is 31.9 Å². The number of imide groups is 2. The molecule has 1 aliphatic heterocycles. The highest BCUT2D eigenvalue weighted by Crippen LogP contribution is 2.34. The molecule has 0 saturated carbocycles. The maximum atomic E-state index is 12.8. The van der Waals surface area contributed by atoms with Gasteiger partial charge < -0.3 is 9.84 Å². The van der Waals surface area contributed by atoms with Crippen molar-refractivity contribution in [1.29, 1.82) is 0 Å². The largest absolute Gasteiger partial charge is 0.504 e. The Morgan fingerprint density at radius 1 is 1.11 bits per heavy atom. The van der Waals surface area contributed by atoms with Crippen molar-refractivity contribution < 1.29 is 24.2 Å². The highest BCUT2D eigenvalue weighted by molar-refractivity contribution is 9.10. The molecule has 2 N–H and O–H groups in total. The van der Waals surface area contributed by atoms with E-state index in [9.17, 15) is 19.5 Å². The number of urea groups is 1. The molecular weight excluding hydrogens is 484 g/mol. The molecule has 27 heavy (non-hydrogen) atoms. The van der Waals surface area contributed by atoms with Crippen LogP contribution in [0.3, 0.4) is 0 Å². The van der Waals surface area contributed by atoms with Crippen molar-refractivity contribution in [2.24, 2.45) is 0 Å². The van der Waals surface area contributed by atoms with Gasteiger partial charge >= 0.3 is 6.03 Å². The maximum absolute atomic E-state index is 12.8. The molecule has 7 nitrogen and oxygen atoms in total. The average Bonchev–Trinajstić information content (AvgIpc) is 2.61. The first-order valence-corrected chi connectivity index (χ1v) is 9.14. The smallest absolute Gasteiger partial charge is 0.335 e. The third-order valence-electron chi connectivity index (χ3n) is 3.78. The zero-order valence-corrected chi connectivity index (χ0v) is 17.0. The molecule has 0 radical (unpaired) electrons. The summed E-state index contributed by atoms with van der Waals surface area (Å²) in [6, 6.07) is 8.53. The predicted molar refractivity (Wildman–Crippen MR) is 106 cm³/mol. The van der Waals surface area contributed by atoms with Crippen LogP contribution in [0.5, 0.6) is 11.5 Å². The molecule has 1 aliphatic rings. The minimum atomic E-state index is -0.827. The molecule has 3 rings (SSSR count). The van der Waals surface area contributed by atoms with Crippen LogP contribution in [0.2, 0.25) is 0 Å². The lowest BCUT2D eigenvalue weighted by Crippen LogP contribution is -2.54. The molecule has 1 heterocycles. The Hall–Kier alpha value is -2.65. The van der Waals surface area contributed by atoms with Gasteiger partial charge in [0.15, 0.2) is 11.5 Å². The van der Waals surface area contributed by atoms with E-state index in [0.717, 1.165) is 9.37 Å². The molecule has 1 saturated heterocycles. The minimum Gasteiger partial charge on any atom is -0.504 e. The monoisotopic (exact) mass is 494 g/mol. The molecular formula is C18H12Br2N2O5. The van der Waals surface area contributed by atoms with E-state index in [4.69, 9.17) is 4.74 Å². The molecule has 0 aliphatic carbocycles. The molecule has 2 aromatic rings. The third kappa shape index (κ3) is 3.74. The molecule has 0 aromatic heterocycles. The average molecular weight is 496 g/mol. The van der Waals surface area contributed by atoms with Gasteiger partial charge in [0.05, 0.1) is 12.8 Å². The summed E-state index contributed by atoms with van der Waals surface area (Å²) < 4.78 is 6.27. The standard InChI is InChI=1S/C18H12Br2N2O5/c1-27-15-7-9(13(20)8-14(15)23)6-12-16(24)21-18(26)22(17(12)25)11-4-2-10(19)3-5-11/h2-8,23H,1H3,(H,21,24,26). The zero-order valence-electron chi connectivity index (χ0n) is 13.8. The van der Waals surface area contributed by atoms with Crippen molar-refractivity contribution in [3.8, 4) is 11.5 Å². The Kier molecular flexibility index (Phi) is 5.33. The lowest BCUT2D eigenvalue weighted by atomic mass is 10.1. The number of carbonyl (C=O) groups is 3. The number of anilines is 1. The van der Waals surface area contributed by atoms with E-state index < -0.39 is 17.8 Å². The summed E-state index contributed by atoms with van der Waals surface area (Å²) >= 11 is 6.55. The number of halogens is 2. The summed E-state index contributed by atoms with van der Waals surface area (Å²) in [6.45, 7) is 0. The van der Waals surface area contributed by atoms with Gasteiger partial charge in [-0.05, 0) is 48.0 Å². The van der Waals surface area contributed by atoms with Gasteiger partial charge in [-0.3, -0.25) is 14.9 Å². The number of methoxy groups -OCH3 is 1. The van der Waals surface area contributed by atoms with Crippen LogP contribution in [0.15, 0.2) is 50.9 Å². The van der Waals surface area contributed by atoms with Gasteiger partial charge in [-0.15, -0.1) is 0 Å². The molecule has 0 spiro atoms. The lowest BCUT2D eigenvalue weighted by Gasteiger charge is -2.26. The topological polar surface area (TPSA) is 95.9 Å². The fourth-order valence-corrected chi connectivity index (χ4v) is 3.18. The lowest BCUT2D eigenvalue weighted by molar-refractivity contribution is -0.122. The van der Waals surface area contributed by atoms with Gasteiger partial charge in [0.2, 0.25) is 0 Å². The van der Waals surface area contributed by atoms with Crippen LogP contribution in [-0.2, 0) is 9.59 Å². The second kappa shape index (κ2) is 7.53. The number of barbiturate groups is 1. The first-order valence-electron chi connectivity index (χ1n) is 7.55. The van der Waals surface area contributed by atoms with Crippen LogP contribution in [-0.4, -0.2) is 30.1 Å². The van der Waals surface area contributed by atoms with Gasteiger partial charge in [-0.25, -0.2) is 9.69 Å². The minimum absolute atomic E-state index is 0.0994. The first-order chi connectivity index (χ1) is 12.8. The van der Waals surface area contributed by atoms with E-state index in [1.807, 2.05) is 0 Å². The fraction of sp³-hybridized carbons (Fsp3) is 0.0556. The van der Waals surface area contributed by atoms with Crippen molar-refractivity contribution in [2.75, 3.05) is 12.0 Å². The molecule has 4 amide bonds. The number of benzene rings is 2. The number of ether oxygens (including phenoxy) is 1. The Morgan fingerprint density at radius 2 is 1.78 bits per heavy atom. The molecule has 1 fully saturated rings. The Morgan fingerprint density at radius 3 is 2.41 bits per heavy atom. The van der Waals surface area contributed by atoms with Crippen LogP contribution in [0.25, 0.3) is 6.08 Å². The fourth-order valence-electron chi connectivity index (χ4n) is 2.47. The number of amides is 4. The SMILES string of the molecule is COc1cc(C=C2C(=O)NC(=O)N(c3ccc(Br)cc3)C2=O)c(Br)cc1O. The highest BCUT2D eigenvalue weighted by Gasteiger charge is 2.36. The Balaban J connectivity index is 2.06. The first kappa shape index (κ1) is 19.1. The summed E-state index contributed by atoms with van der Waals surface area (Å²) in [4.78, 5) is 38.1. The van der Waals surface area contributed by atoms with Gasteiger partial charge in [0.25, 0.3) is 11.8 Å². The Labute approximate surface area is 170 Å². The molecule has 138 valence electrons. The Bertz CT molecular complexity index is 986. The van der Waals surface area contributed by atoms with Crippen molar-refractivity contribution in [1.82, 2.24) is 5.32 Å². The number of aromatic hydroxyl groups is 1. The van der Waals surface area contributed by atoms with Gasteiger partial charge in [0, 0.05) is 8.95 Å². The summed E-state index contributed by atoms with van der Waals surface area (Å²) in [5, 5.41) is 11.9. The van der Waals surface area contributed by atoms with Crippen molar-refractivity contribution in [3.63, 3.8) is 0 Å². The maximum Gasteiger partial charge on any atom is 0.335 e. The summed E-state index contributed by atoms with van der Waals surface area (Å²) in [5.74, 6) is -1.49. The van der Waals surface area contributed by atoms with E-state index in [0.29, 0.717) is 15.7 Å². The number of phenolic OH excluding ortho intramolecular Hbond substituents is 1. The van der Waals surface area contributed by atoms with Crippen LogP contribution in [0, 0.1) is 0 Å². The summed E-state index contributed by atoms with van der Waals surface area (Å²) in [5.41, 5.74) is 0.515. The second-order valence-corrected chi connectivity index (χ2v) is 7.25. The van der Waals surface area contributed by atoms with Crippen LogP contribution in [0.1, 0.15) is 5.56 Å². The normalized spacial score (nSPS) is 15.9. The van der Waals surface area contributed by atoms with E-state index in [-0.39, 0.29) is 17.1 Å². The number of hydrogen-bond acceptors (Lipinski definition) is 5. The number of carbonyl (C=O) groups excluding carboxylic acids is 3.